The highest BCUT2D eigenvalue weighted by Crippen LogP contribution is 2.22. The van der Waals surface area contributed by atoms with Crippen LogP contribution in [0.15, 0.2) is 30.5 Å². The summed E-state index contributed by atoms with van der Waals surface area (Å²) in [5.41, 5.74) is 5.27. The number of ether oxygens (including phenoxy) is 1. The second-order valence-corrected chi connectivity index (χ2v) is 6.00. The van der Waals surface area contributed by atoms with Crippen molar-refractivity contribution in [2.45, 2.75) is 13.8 Å². The first-order valence-electron chi connectivity index (χ1n) is 8.73. The molecule has 0 saturated heterocycles. The summed E-state index contributed by atoms with van der Waals surface area (Å²) in [6, 6.07) is 7.18. The third-order valence-electron chi connectivity index (χ3n) is 3.85. The van der Waals surface area contributed by atoms with Crippen LogP contribution in [0, 0.1) is 0 Å². The van der Waals surface area contributed by atoms with Crippen LogP contribution in [-0.4, -0.2) is 48.5 Å². The average molecular weight is 407 g/mol. The molecule has 0 bridgehead atoms. The topological polar surface area (TPSA) is 108 Å². The minimum atomic E-state index is -0.633. The lowest BCUT2D eigenvalue weighted by atomic mass is 10.3. The first kappa shape index (κ1) is 21.2. The number of rotatable bonds is 8. The zero-order chi connectivity index (χ0) is 20.5. The van der Waals surface area contributed by atoms with Gasteiger partial charge in [0.1, 0.15) is 5.75 Å². The van der Waals surface area contributed by atoms with Crippen molar-refractivity contribution in [1.82, 2.24) is 20.8 Å². The van der Waals surface area contributed by atoms with Gasteiger partial charge in [-0.2, -0.15) is 0 Å². The Morgan fingerprint density at radius 3 is 2.57 bits per heavy atom. The smallest absolute Gasteiger partial charge is 0.290 e. The van der Waals surface area contributed by atoms with Crippen LogP contribution in [0.3, 0.4) is 0 Å². The maximum Gasteiger partial charge on any atom is 0.290 e. The van der Waals surface area contributed by atoms with Crippen LogP contribution in [0.4, 0.5) is 11.6 Å². The second-order valence-electron chi connectivity index (χ2n) is 5.59. The van der Waals surface area contributed by atoms with Gasteiger partial charge >= 0.3 is 0 Å². The lowest BCUT2D eigenvalue weighted by Crippen LogP contribution is -2.44. The summed E-state index contributed by atoms with van der Waals surface area (Å²) < 4.78 is 5.20. The van der Waals surface area contributed by atoms with Gasteiger partial charge in [-0.1, -0.05) is 23.7 Å². The standard InChI is InChI=1S/C18H23ClN6O3/c1-4-25(5-2)18-21-10-12(19)16(22-18)17(27)24-23-15(26)11-20-13-8-6-7-9-14(13)28-3/h6-10,20H,4-5,11H2,1-3H3,(H,23,26)(H,24,27). The van der Waals surface area contributed by atoms with Gasteiger partial charge in [-0.3, -0.25) is 20.4 Å². The first-order chi connectivity index (χ1) is 13.5. The number of aromatic nitrogens is 2. The SMILES string of the molecule is CCN(CC)c1ncc(Cl)c(C(=O)NNC(=O)CNc2ccccc2OC)n1. The van der Waals surface area contributed by atoms with E-state index < -0.39 is 11.8 Å². The molecule has 2 rings (SSSR count). The van der Waals surface area contributed by atoms with Crippen molar-refractivity contribution >= 4 is 35.1 Å². The van der Waals surface area contributed by atoms with Crippen molar-refractivity contribution < 1.29 is 14.3 Å². The summed E-state index contributed by atoms with van der Waals surface area (Å²) in [6.45, 7) is 5.21. The Morgan fingerprint density at radius 2 is 1.89 bits per heavy atom. The molecule has 9 nitrogen and oxygen atoms in total. The number of carbonyl (C=O) groups is 2. The number of para-hydroxylation sites is 2. The van der Waals surface area contributed by atoms with Crippen molar-refractivity contribution in [3.8, 4) is 5.75 Å². The van der Waals surface area contributed by atoms with Crippen LogP contribution >= 0.6 is 11.6 Å². The van der Waals surface area contributed by atoms with Crippen molar-refractivity contribution in [3.05, 3.63) is 41.2 Å². The van der Waals surface area contributed by atoms with Gasteiger partial charge in [0.05, 0.1) is 30.6 Å². The number of carbonyl (C=O) groups excluding carboxylic acids is 2. The lowest BCUT2D eigenvalue weighted by Gasteiger charge is -2.19. The van der Waals surface area contributed by atoms with Gasteiger partial charge < -0.3 is 15.0 Å². The van der Waals surface area contributed by atoms with Gasteiger partial charge in [0, 0.05) is 13.1 Å². The molecule has 0 aliphatic heterocycles. The van der Waals surface area contributed by atoms with E-state index in [0.717, 1.165) is 0 Å². The fourth-order valence-electron chi connectivity index (χ4n) is 2.37. The highest BCUT2D eigenvalue weighted by Gasteiger charge is 2.17. The van der Waals surface area contributed by atoms with E-state index in [1.54, 1.807) is 19.2 Å². The molecule has 1 heterocycles. The quantitative estimate of drug-likeness (QED) is 0.574. The average Bonchev–Trinajstić information content (AvgIpc) is 2.72. The molecular weight excluding hydrogens is 384 g/mol. The lowest BCUT2D eigenvalue weighted by molar-refractivity contribution is -0.120. The molecule has 0 radical (unpaired) electrons. The van der Waals surface area contributed by atoms with Crippen molar-refractivity contribution in [3.63, 3.8) is 0 Å². The van der Waals surface area contributed by atoms with Crippen LogP contribution in [0.1, 0.15) is 24.3 Å². The molecular formula is C18H23ClN6O3. The molecule has 0 fully saturated rings. The number of amides is 2. The second kappa shape index (κ2) is 10.3. The van der Waals surface area contributed by atoms with E-state index in [1.165, 1.54) is 6.20 Å². The van der Waals surface area contributed by atoms with E-state index in [4.69, 9.17) is 16.3 Å². The Labute approximate surface area is 168 Å². The number of benzene rings is 1. The summed E-state index contributed by atoms with van der Waals surface area (Å²) in [6.07, 6.45) is 1.36. The van der Waals surface area contributed by atoms with E-state index in [0.29, 0.717) is 30.5 Å². The van der Waals surface area contributed by atoms with E-state index in [-0.39, 0.29) is 17.3 Å². The summed E-state index contributed by atoms with van der Waals surface area (Å²) in [5.74, 6) is -0.0837. The van der Waals surface area contributed by atoms with Crippen molar-refractivity contribution in [2.75, 3.05) is 37.0 Å². The van der Waals surface area contributed by atoms with E-state index in [9.17, 15) is 9.59 Å². The molecule has 0 saturated carbocycles. The molecule has 150 valence electrons. The van der Waals surface area contributed by atoms with Crippen LogP contribution in [0.2, 0.25) is 5.02 Å². The van der Waals surface area contributed by atoms with Gasteiger partial charge in [0.25, 0.3) is 11.8 Å². The Balaban J connectivity index is 1.94. The van der Waals surface area contributed by atoms with Crippen LogP contribution < -0.4 is 25.8 Å². The Morgan fingerprint density at radius 1 is 1.18 bits per heavy atom. The zero-order valence-corrected chi connectivity index (χ0v) is 16.7. The Bertz CT molecular complexity index is 829. The van der Waals surface area contributed by atoms with Gasteiger partial charge in [-0.05, 0) is 26.0 Å². The molecule has 1 aromatic heterocycles. The number of hydrogen-bond donors (Lipinski definition) is 3. The summed E-state index contributed by atoms with van der Waals surface area (Å²) in [7, 11) is 1.54. The van der Waals surface area contributed by atoms with E-state index >= 15 is 0 Å². The largest absolute Gasteiger partial charge is 0.495 e. The fourth-order valence-corrected chi connectivity index (χ4v) is 2.55. The predicted octanol–water partition coefficient (Wildman–Crippen LogP) is 1.86. The molecule has 10 heteroatoms. The molecule has 0 unspecified atom stereocenters. The maximum atomic E-state index is 12.3. The number of nitrogens with one attached hydrogen (secondary N) is 3. The first-order valence-corrected chi connectivity index (χ1v) is 9.11. The molecule has 2 aromatic rings. The number of halogens is 1. The molecule has 2 amide bonds. The summed E-state index contributed by atoms with van der Waals surface area (Å²) in [4.78, 5) is 34.5. The number of hydrazine groups is 1. The van der Waals surface area contributed by atoms with Crippen LogP contribution in [0.5, 0.6) is 5.75 Å². The van der Waals surface area contributed by atoms with E-state index in [1.807, 2.05) is 30.9 Å². The molecule has 3 N–H and O–H groups in total. The minimum absolute atomic E-state index is 0.0171. The summed E-state index contributed by atoms with van der Waals surface area (Å²) >= 11 is 6.03. The molecule has 0 aliphatic rings. The third kappa shape index (κ3) is 5.46. The molecule has 1 aromatic carbocycles. The predicted molar refractivity (Wildman–Crippen MR) is 108 cm³/mol. The van der Waals surface area contributed by atoms with Crippen molar-refractivity contribution in [1.29, 1.82) is 0 Å². The Kier molecular flexibility index (Phi) is 7.82. The van der Waals surface area contributed by atoms with Gasteiger partial charge in [0.15, 0.2) is 5.69 Å². The van der Waals surface area contributed by atoms with E-state index in [2.05, 4.69) is 26.1 Å². The molecule has 0 spiro atoms. The zero-order valence-electron chi connectivity index (χ0n) is 16.0. The number of nitrogens with zero attached hydrogens (tertiary/aromatic N) is 3. The highest BCUT2D eigenvalue weighted by molar-refractivity contribution is 6.33. The normalized spacial score (nSPS) is 10.1. The number of hydrogen-bond acceptors (Lipinski definition) is 7. The summed E-state index contributed by atoms with van der Waals surface area (Å²) in [5, 5.41) is 3.02. The molecule has 0 atom stereocenters. The Hall–Kier alpha value is -3.07. The van der Waals surface area contributed by atoms with Gasteiger partial charge in [-0.15, -0.1) is 0 Å². The van der Waals surface area contributed by atoms with Crippen LogP contribution in [0.25, 0.3) is 0 Å². The van der Waals surface area contributed by atoms with Gasteiger partial charge in [0.2, 0.25) is 5.95 Å². The van der Waals surface area contributed by atoms with Crippen molar-refractivity contribution in [2.24, 2.45) is 0 Å². The molecule has 28 heavy (non-hydrogen) atoms. The van der Waals surface area contributed by atoms with Crippen LogP contribution in [-0.2, 0) is 4.79 Å². The third-order valence-corrected chi connectivity index (χ3v) is 4.13. The maximum absolute atomic E-state index is 12.3. The fraction of sp³-hybridized carbons (Fsp3) is 0.333. The highest BCUT2D eigenvalue weighted by atomic mass is 35.5. The molecule has 0 aliphatic carbocycles. The monoisotopic (exact) mass is 406 g/mol. The minimum Gasteiger partial charge on any atom is -0.495 e. The van der Waals surface area contributed by atoms with Gasteiger partial charge in [-0.25, -0.2) is 9.97 Å². The number of anilines is 2. The number of methoxy groups -OCH3 is 1.